The van der Waals surface area contributed by atoms with Crippen LogP contribution in [0.25, 0.3) is 0 Å². The zero-order valence-corrected chi connectivity index (χ0v) is 12.5. The molecule has 1 aromatic carbocycles. The van der Waals surface area contributed by atoms with Crippen molar-refractivity contribution in [2.45, 2.75) is 33.3 Å². The highest BCUT2D eigenvalue weighted by atomic mass is 16.6. The molecule has 0 saturated heterocycles. The smallest absolute Gasteiger partial charge is 0.323 e. The molecule has 0 atom stereocenters. The second-order valence-corrected chi connectivity index (χ2v) is 4.77. The summed E-state index contributed by atoms with van der Waals surface area (Å²) in [5, 5.41) is 9.21. The summed E-state index contributed by atoms with van der Waals surface area (Å²) in [7, 11) is 0. The maximum Gasteiger partial charge on any atom is 0.323 e. The van der Waals surface area contributed by atoms with E-state index in [1.54, 1.807) is 13.8 Å². The molecule has 5 heteroatoms. The molecule has 1 aromatic rings. The Kier molecular flexibility index (Phi) is 6.88. The van der Waals surface area contributed by atoms with Gasteiger partial charge in [0.1, 0.15) is 6.61 Å². The average molecular weight is 294 g/mol. The third-order valence-electron chi connectivity index (χ3n) is 3.58. The van der Waals surface area contributed by atoms with Crippen molar-refractivity contribution in [3.8, 4) is 0 Å². The number of carbonyl (C=O) groups excluding carboxylic acids is 1. The minimum atomic E-state index is -1.45. The lowest BCUT2D eigenvalue weighted by Gasteiger charge is -2.24. The first-order valence-electron chi connectivity index (χ1n) is 7.09. The van der Waals surface area contributed by atoms with E-state index in [-0.39, 0.29) is 26.1 Å². The van der Waals surface area contributed by atoms with E-state index < -0.39 is 17.4 Å². The number of rotatable bonds is 9. The van der Waals surface area contributed by atoms with E-state index in [9.17, 15) is 14.7 Å². The molecular formula is C16H22O5. The number of aliphatic carboxylic acids is 1. The van der Waals surface area contributed by atoms with Gasteiger partial charge in [0.15, 0.2) is 5.41 Å². The van der Waals surface area contributed by atoms with Crippen LogP contribution in [0.5, 0.6) is 0 Å². The van der Waals surface area contributed by atoms with Gasteiger partial charge in [-0.2, -0.15) is 0 Å². The molecular weight excluding hydrogens is 272 g/mol. The van der Waals surface area contributed by atoms with Gasteiger partial charge in [-0.3, -0.25) is 9.59 Å². The van der Waals surface area contributed by atoms with Crippen molar-refractivity contribution < 1.29 is 24.2 Å². The molecule has 0 bridgehead atoms. The Balaban J connectivity index is 2.34. The number of esters is 1. The van der Waals surface area contributed by atoms with Crippen molar-refractivity contribution in [1.29, 1.82) is 0 Å². The monoisotopic (exact) mass is 294 g/mol. The number of hydrogen-bond donors (Lipinski definition) is 1. The van der Waals surface area contributed by atoms with Gasteiger partial charge in [0.2, 0.25) is 0 Å². The summed E-state index contributed by atoms with van der Waals surface area (Å²) in [4.78, 5) is 23.2. The summed E-state index contributed by atoms with van der Waals surface area (Å²) in [6, 6.07) is 9.64. The average Bonchev–Trinajstić information content (AvgIpc) is 2.49. The van der Waals surface area contributed by atoms with Crippen molar-refractivity contribution >= 4 is 11.9 Å². The van der Waals surface area contributed by atoms with Gasteiger partial charge in [-0.15, -0.1) is 0 Å². The number of carboxylic acids is 1. The molecule has 0 aromatic heterocycles. The standard InChI is InChI=1S/C16H22O5/c1-3-16(4-2,14(17)18)15(19)21-11-10-20-12-13-8-6-5-7-9-13/h5-9H,3-4,10-12H2,1-2H3,(H,17,18). The molecule has 1 rings (SSSR count). The maximum atomic E-state index is 11.9. The Morgan fingerprint density at radius 2 is 1.71 bits per heavy atom. The summed E-state index contributed by atoms with van der Waals surface area (Å²) in [6.07, 6.45) is 0.422. The predicted octanol–water partition coefficient (Wildman–Crippen LogP) is 2.64. The number of benzene rings is 1. The van der Waals surface area contributed by atoms with Gasteiger partial charge in [-0.05, 0) is 18.4 Å². The highest BCUT2D eigenvalue weighted by Crippen LogP contribution is 2.28. The Morgan fingerprint density at radius 3 is 2.24 bits per heavy atom. The van der Waals surface area contributed by atoms with E-state index in [1.165, 1.54) is 0 Å². The zero-order chi connectivity index (χ0) is 15.7. The van der Waals surface area contributed by atoms with Gasteiger partial charge in [0.05, 0.1) is 13.2 Å². The second kappa shape index (κ2) is 8.42. The molecule has 0 aliphatic carbocycles. The third kappa shape index (κ3) is 4.56. The quantitative estimate of drug-likeness (QED) is 0.430. The largest absolute Gasteiger partial charge is 0.480 e. The van der Waals surface area contributed by atoms with Crippen LogP contribution in [0.15, 0.2) is 30.3 Å². The van der Waals surface area contributed by atoms with Gasteiger partial charge >= 0.3 is 11.9 Å². The van der Waals surface area contributed by atoms with Crippen LogP contribution in [0.1, 0.15) is 32.3 Å². The minimum Gasteiger partial charge on any atom is -0.480 e. The van der Waals surface area contributed by atoms with E-state index in [0.29, 0.717) is 6.61 Å². The molecule has 0 aliphatic heterocycles. The fourth-order valence-electron chi connectivity index (χ4n) is 2.02. The molecule has 21 heavy (non-hydrogen) atoms. The van der Waals surface area contributed by atoms with Crippen LogP contribution in [0.4, 0.5) is 0 Å². The molecule has 5 nitrogen and oxygen atoms in total. The van der Waals surface area contributed by atoms with Gasteiger partial charge in [0.25, 0.3) is 0 Å². The third-order valence-corrected chi connectivity index (χ3v) is 3.58. The lowest BCUT2D eigenvalue weighted by atomic mass is 9.82. The SMILES string of the molecule is CCC(CC)(C(=O)O)C(=O)OCCOCc1ccccc1. The first-order chi connectivity index (χ1) is 10.1. The molecule has 0 unspecified atom stereocenters. The van der Waals surface area contributed by atoms with Crippen LogP contribution >= 0.6 is 0 Å². The number of ether oxygens (including phenoxy) is 2. The van der Waals surface area contributed by atoms with Crippen molar-refractivity contribution in [3.05, 3.63) is 35.9 Å². The van der Waals surface area contributed by atoms with E-state index in [1.807, 2.05) is 30.3 Å². The van der Waals surface area contributed by atoms with Crippen LogP contribution in [-0.4, -0.2) is 30.3 Å². The molecule has 116 valence electrons. The molecule has 1 N–H and O–H groups in total. The van der Waals surface area contributed by atoms with Crippen molar-refractivity contribution in [2.24, 2.45) is 5.41 Å². The normalized spacial score (nSPS) is 11.1. The van der Waals surface area contributed by atoms with Crippen molar-refractivity contribution in [2.75, 3.05) is 13.2 Å². The summed E-state index contributed by atoms with van der Waals surface area (Å²) in [5.41, 5.74) is -0.412. The molecule has 0 radical (unpaired) electrons. The Bertz CT molecular complexity index is 451. The van der Waals surface area contributed by atoms with E-state index in [0.717, 1.165) is 5.56 Å². The fourth-order valence-corrected chi connectivity index (χ4v) is 2.02. The number of hydrogen-bond acceptors (Lipinski definition) is 4. The van der Waals surface area contributed by atoms with Gasteiger partial charge in [-0.25, -0.2) is 0 Å². The Hall–Kier alpha value is -1.88. The van der Waals surface area contributed by atoms with Crippen LogP contribution in [0, 0.1) is 5.41 Å². The summed E-state index contributed by atoms with van der Waals surface area (Å²) in [6.45, 7) is 4.07. The maximum absolute atomic E-state index is 11.9. The summed E-state index contributed by atoms with van der Waals surface area (Å²) < 4.78 is 10.4. The van der Waals surface area contributed by atoms with Crippen LogP contribution in [0.3, 0.4) is 0 Å². The van der Waals surface area contributed by atoms with E-state index in [4.69, 9.17) is 9.47 Å². The van der Waals surface area contributed by atoms with E-state index in [2.05, 4.69) is 0 Å². The van der Waals surface area contributed by atoms with Gasteiger partial charge < -0.3 is 14.6 Å². The number of carbonyl (C=O) groups is 2. The molecule has 0 aliphatic rings. The van der Waals surface area contributed by atoms with E-state index >= 15 is 0 Å². The fraction of sp³-hybridized carbons (Fsp3) is 0.500. The highest BCUT2D eigenvalue weighted by Gasteiger charge is 2.44. The molecule has 0 saturated carbocycles. The molecule has 0 amide bonds. The van der Waals surface area contributed by atoms with Crippen LogP contribution in [-0.2, 0) is 25.7 Å². The molecule has 0 fully saturated rings. The van der Waals surface area contributed by atoms with Gasteiger partial charge in [0, 0.05) is 0 Å². The minimum absolute atomic E-state index is 0.0562. The predicted molar refractivity (Wildman–Crippen MR) is 77.7 cm³/mol. The Morgan fingerprint density at radius 1 is 1.10 bits per heavy atom. The summed E-state index contributed by atoms with van der Waals surface area (Å²) in [5.74, 6) is -1.83. The lowest BCUT2D eigenvalue weighted by molar-refractivity contribution is -0.170. The first-order valence-corrected chi connectivity index (χ1v) is 7.09. The Labute approximate surface area is 124 Å². The lowest BCUT2D eigenvalue weighted by Crippen LogP contribution is -2.40. The topological polar surface area (TPSA) is 72.8 Å². The van der Waals surface area contributed by atoms with Crippen molar-refractivity contribution in [3.63, 3.8) is 0 Å². The van der Waals surface area contributed by atoms with Crippen LogP contribution in [0.2, 0.25) is 0 Å². The highest BCUT2D eigenvalue weighted by molar-refractivity contribution is 5.99. The first kappa shape index (κ1) is 17.2. The summed E-state index contributed by atoms with van der Waals surface area (Å²) >= 11 is 0. The number of carboxylic acid groups (broad SMARTS) is 1. The molecule has 0 spiro atoms. The zero-order valence-electron chi connectivity index (χ0n) is 12.5. The second-order valence-electron chi connectivity index (χ2n) is 4.77. The van der Waals surface area contributed by atoms with Gasteiger partial charge in [-0.1, -0.05) is 44.2 Å². The molecule has 0 heterocycles. The van der Waals surface area contributed by atoms with Crippen molar-refractivity contribution in [1.82, 2.24) is 0 Å². The van der Waals surface area contributed by atoms with Crippen LogP contribution < -0.4 is 0 Å².